The fourth-order valence-electron chi connectivity index (χ4n) is 8.43. The average molecular weight is 742 g/mol. The predicted octanol–water partition coefficient (Wildman–Crippen LogP) is 13.6. The highest BCUT2D eigenvalue weighted by Gasteiger charge is 2.31. The maximum atomic E-state index is 5.13. The summed E-state index contributed by atoms with van der Waals surface area (Å²) < 4.78 is 2.60. The van der Waals surface area contributed by atoms with Gasteiger partial charge in [-0.25, -0.2) is 9.97 Å². The van der Waals surface area contributed by atoms with Crippen molar-refractivity contribution in [3.8, 4) is 50.7 Å². The molecule has 0 bridgehead atoms. The Balaban J connectivity index is 1.06. The van der Waals surface area contributed by atoms with Crippen LogP contribution in [-0.2, 0) is 6.42 Å². The van der Waals surface area contributed by atoms with E-state index in [1.54, 1.807) is 0 Å². The molecule has 6 aromatic carbocycles. The number of hydrogen-bond donors (Lipinski definition) is 0. The molecule has 0 spiro atoms. The Morgan fingerprint density at radius 2 is 1.24 bits per heavy atom. The minimum Gasteiger partial charge on any atom is -0.312 e. The van der Waals surface area contributed by atoms with E-state index in [0.29, 0.717) is 5.92 Å². The molecule has 5 heteroatoms. The maximum absolute atomic E-state index is 5.13. The molecule has 0 N–H and O–H groups in total. The summed E-state index contributed by atoms with van der Waals surface area (Å²) in [6.07, 6.45) is 10.6. The first-order valence-corrected chi connectivity index (χ1v) is 20.6. The molecule has 0 radical (unpaired) electrons. The first-order valence-electron chi connectivity index (χ1n) is 19.0. The lowest BCUT2D eigenvalue weighted by atomic mass is 9.80. The summed E-state index contributed by atoms with van der Waals surface area (Å²) in [5.41, 5.74) is 14.1. The monoisotopic (exact) mass is 741 g/mol. The van der Waals surface area contributed by atoms with E-state index in [4.69, 9.17) is 9.97 Å². The molecule has 1 aliphatic heterocycles. The van der Waals surface area contributed by atoms with Crippen LogP contribution in [-0.4, -0.2) is 14.5 Å². The Hall–Kier alpha value is -5.88. The van der Waals surface area contributed by atoms with E-state index < -0.39 is 0 Å². The van der Waals surface area contributed by atoms with Crippen molar-refractivity contribution in [3.63, 3.8) is 0 Å². The van der Waals surface area contributed by atoms with Crippen molar-refractivity contribution in [2.45, 2.75) is 38.8 Å². The smallest absolute Gasteiger partial charge is 0.160 e. The van der Waals surface area contributed by atoms with Gasteiger partial charge in [0.15, 0.2) is 5.82 Å². The molecule has 0 amide bonds. The van der Waals surface area contributed by atoms with E-state index in [1.807, 2.05) is 47.8 Å². The van der Waals surface area contributed by atoms with Crippen LogP contribution in [0, 0.1) is 5.92 Å². The zero-order valence-electron chi connectivity index (χ0n) is 30.0. The first-order chi connectivity index (χ1) is 27.2. The third-order valence-electron chi connectivity index (χ3n) is 11.1. The fourth-order valence-corrected chi connectivity index (χ4v) is 10.8. The van der Waals surface area contributed by atoms with Gasteiger partial charge in [-0.15, -0.1) is 0 Å². The lowest BCUT2D eigenvalue weighted by molar-refractivity contribution is 0.546. The minimum atomic E-state index is 0.549. The Morgan fingerprint density at radius 3 is 2.05 bits per heavy atom. The second-order valence-corrected chi connectivity index (χ2v) is 16.6. The molecule has 0 saturated heterocycles. The van der Waals surface area contributed by atoms with Gasteiger partial charge in [-0.2, -0.15) is 0 Å². The summed E-state index contributed by atoms with van der Waals surface area (Å²) in [6, 6.07) is 54.3. The molecule has 11 rings (SSSR count). The van der Waals surface area contributed by atoms with E-state index in [0.717, 1.165) is 52.3 Å². The highest BCUT2D eigenvalue weighted by atomic mass is 32.2. The van der Waals surface area contributed by atoms with Gasteiger partial charge in [-0.3, -0.25) is 0 Å². The van der Waals surface area contributed by atoms with Gasteiger partial charge < -0.3 is 4.57 Å². The van der Waals surface area contributed by atoms with E-state index in [-0.39, 0.29) is 0 Å². The molecule has 2 aliphatic carbocycles. The molecular weight excluding hydrogens is 707 g/mol. The van der Waals surface area contributed by atoms with E-state index in [2.05, 4.69) is 150 Å². The standard InChI is InChI=1S/C50H35N3S2/c1-3-13-32(14-4-1)42-31-43(52-50(51-42)33-15-5-2-6-16-33)38-21-11-19-34(27-38)35-20-12-22-39(28-35)53-44-30-37-18-8-7-17-36(37)29-41(44)40-25-26-47-49(48(40)53)55-46-24-10-9-23-45(46)54-47/h1-7,9-17,19-29,31,37H,8,18,30H2. The molecule has 0 fully saturated rings. The molecule has 55 heavy (non-hydrogen) atoms. The molecule has 0 saturated carbocycles. The highest BCUT2D eigenvalue weighted by Crippen LogP contribution is 2.53. The minimum absolute atomic E-state index is 0.549. The van der Waals surface area contributed by atoms with Crippen molar-refractivity contribution in [2.24, 2.45) is 5.92 Å². The summed E-state index contributed by atoms with van der Waals surface area (Å²) in [5.74, 6) is 1.27. The summed E-state index contributed by atoms with van der Waals surface area (Å²) in [5, 5.41) is 1.34. The SMILES string of the molecule is C1=CC2=Cc3c(n(-c4cccc(-c5cccc(-c6cc(-c7ccccc7)nc(-c7ccccc7)n6)c5)c4)c4c5c(ccc34)Sc3ccccc3S5)CC2CC1. The van der Waals surface area contributed by atoms with E-state index >= 15 is 0 Å². The fraction of sp³-hybridized carbons (Fsp3) is 0.0800. The number of nitrogens with zero attached hydrogens (tertiary/aromatic N) is 3. The Kier molecular flexibility index (Phi) is 7.96. The van der Waals surface area contributed by atoms with Gasteiger partial charge in [0.1, 0.15) is 0 Å². The number of hydrogen-bond acceptors (Lipinski definition) is 4. The molecule has 3 heterocycles. The third-order valence-corrected chi connectivity index (χ3v) is 13.7. The van der Waals surface area contributed by atoms with Crippen LogP contribution >= 0.6 is 23.5 Å². The van der Waals surface area contributed by atoms with Gasteiger partial charge in [0, 0.05) is 53.7 Å². The number of allylic oxidation sites excluding steroid dienone is 3. The zero-order valence-corrected chi connectivity index (χ0v) is 31.7. The lowest BCUT2D eigenvalue weighted by Crippen LogP contribution is -2.16. The number of fused-ring (bicyclic) bond motifs is 7. The number of rotatable bonds is 5. The van der Waals surface area contributed by atoms with Crippen molar-refractivity contribution in [1.82, 2.24) is 14.5 Å². The summed E-state index contributed by atoms with van der Waals surface area (Å²) >= 11 is 3.82. The van der Waals surface area contributed by atoms with Crippen LogP contribution in [0.3, 0.4) is 0 Å². The summed E-state index contributed by atoms with van der Waals surface area (Å²) in [7, 11) is 0. The largest absolute Gasteiger partial charge is 0.312 e. The van der Waals surface area contributed by atoms with Crippen molar-refractivity contribution in [3.05, 3.63) is 181 Å². The molecule has 2 aromatic heterocycles. The average Bonchev–Trinajstić information content (AvgIpc) is 3.59. The van der Waals surface area contributed by atoms with Gasteiger partial charge in [-0.1, -0.05) is 145 Å². The van der Waals surface area contributed by atoms with Crippen LogP contribution in [0.25, 0.3) is 67.7 Å². The zero-order chi connectivity index (χ0) is 36.3. The van der Waals surface area contributed by atoms with Crippen LogP contribution in [0.2, 0.25) is 0 Å². The number of aromatic nitrogens is 3. The quantitative estimate of drug-likeness (QED) is 0.176. The van der Waals surface area contributed by atoms with Gasteiger partial charge in [0.2, 0.25) is 0 Å². The maximum Gasteiger partial charge on any atom is 0.160 e. The molecule has 3 aliphatic rings. The van der Waals surface area contributed by atoms with Crippen LogP contribution in [0.4, 0.5) is 0 Å². The molecule has 1 unspecified atom stereocenters. The summed E-state index contributed by atoms with van der Waals surface area (Å²) in [6.45, 7) is 0. The predicted molar refractivity (Wildman–Crippen MR) is 229 cm³/mol. The Morgan fingerprint density at radius 1 is 0.564 bits per heavy atom. The van der Waals surface area contributed by atoms with Crippen molar-refractivity contribution in [2.75, 3.05) is 0 Å². The molecule has 8 aromatic rings. The molecule has 3 nitrogen and oxygen atoms in total. The summed E-state index contributed by atoms with van der Waals surface area (Å²) in [4.78, 5) is 15.5. The first kappa shape index (κ1) is 32.5. The normalized spacial score (nSPS) is 15.5. The van der Waals surface area contributed by atoms with Crippen molar-refractivity contribution >= 4 is 40.5 Å². The lowest BCUT2D eigenvalue weighted by Gasteiger charge is -2.27. The van der Waals surface area contributed by atoms with Crippen LogP contribution in [0.15, 0.2) is 189 Å². The van der Waals surface area contributed by atoms with Crippen LogP contribution < -0.4 is 0 Å². The second kappa shape index (κ2) is 13.5. The third kappa shape index (κ3) is 5.78. The van der Waals surface area contributed by atoms with Crippen molar-refractivity contribution in [1.29, 1.82) is 0 Å². The van der Waals surface area contributed by atoms with Crippen LogP contribution in [0.1, 0.15) is 24.1 Å². The topological polar surface area (TPSA) is 30.7 Å². The van der Waals surface area contributed by atoms with Gasteiger partial charge in [0.25, 0.3) is 0 Å². The Labute approximate surface area is 329 Å². The molecular formula is C50H35N3S2. The van der Waals surface area contributed by atoms with E-state index in [9.17, 15) is 0 Å². The Bertz CT molecular complexity index is 2790. The van der Waals surface area contributed by atoms with Gasteiger partial charge in [-0.05, 0) is 90.4 Å². The molecule has 262 valence electrons. The highest BCUT2D eigenvalue weighted by molar-refractivity contribution is 8.05. The van der Waals surface area contributed by atoms with Gasteiger partial charge >= 0.3 is 0 Å². The van der Waals surface area contributed by atoms with Crippen LogP contribution in [0.5, 0.6) is 0 Å². The van der Waals surface area contributed by atoms with Crippen molar-refractivity contribution < 1.29 is 0 Å². The van der Waals surface area contributed by atoms with E-state index in [1.165, 1.54) is 65.0 Å². The molecule has 1 atom stereocenters. The van der Waals surface area contributed by atoms with Gasteiger partial charge in [0.05, 0.1) is 21.8 Å². The second-order valence-electron chi connectivity index (χ2n) is 14.5. The number of benzene rings is 6.